The van der Waals surface area contributed by atoms with Crippen LogP contribution in [-0.2, 0) is 17.1 Å². The van der Waals surface area contributed by atoms with Gasteiger partial charge in [-0.2, -0.15) is 30.9 Å². The fraction of sp³-hybridized carbons (Fsp3) is 0.550. The summed E-state index contributed by atoms with van der Waals surface area (Å²) in [5.74, 6) is -1.68. The van der Waals surface area contributed by atoms with Crippen LogP contribution in [0.1, 0.15) is 30.0 Å². The zero-order valence-corrected chi connectivity index (χ0v) is 19.7. The topological polar surface area (TPSA) is 112 Å². The highest BCUT2D eigenvalue weighted by Gasteiger charge is 2.40. The normalized spacial score (nSPS) is 21.7. The first-order chi connectivity index (χ1) is 17.4. The third-order valence-corrected chi connectivity index (χ3v) is 7.37. The lowest BCUT2D eigenvalue weighted by Crippen LogP contribution is -2.50. The molecule has 2 aliphatic heterocycles. The Balaban J connectivity index is 1.25. The highest BCUT2D eigenvalue weighted by molar-refractivity contribution is 7.15. The number of halogens is 6. The zero-order valence-electron chi connectivity index (χ0n) is 18.9. The third kappa shape index (κ3) is 5.14. The molecule has 2 saturated heterocycles. The number of nitrogens with one attached hydrogen (secondary N) is 1. The number of carbonyl (C=O) groups excluding carboxylic acids is 1. The van der Waals surface area contributed by atoms with Gasteiger partial charge in [0.25, 0.3) is 5.82 Å². The Morgan fingerprint density at radius 1 is 1.08 bits per heavy atom. The minimum absolute atomic E-state index is 0.00982. The fourth-order valence-corrected chi connectivity index (χ4v) is 5.31. The number of hydrogen-bond donors (Lipinski definition) is 2. The van der Waals surface area contributed by atoms with Crippen LogP contribution in [0.5, 0.6) is 0 Å². The molecule has 200 valence electrons. The molecule has 0 bridgehead atoms. The standard InChI is InChI=1S/C20H20F6N8O2S/c21-19(22,23)13-8-27-18(37-13)32-5-3-10(4-6-32)28-16(36)12-7-11(35)9-33(12)15-2-1-14-29-30-17(20(24,25)26)34(14)31-15/h1-2,8,10-12,35H,3-7,9H2,(H,28,36)/t11-,12+/m1/s1. The van der Waals surface area contributed by atoms with Gasteiger partial charge in [-0.3, -0.25) is 4.79 Å². The van der Waals surface area contributed by atoms with Crippen LogP contribution < -0.4 is 15.1 Å². The molecule has 10 nitrogen and oxygen atoms in total. The Labute approximate surface area is 208 Å². The van der Waals surface area contributed by atoms with Gasteiger partial charge < -0.3 is 20.2 Å². The average molecular weight is 550 g/mol. The molecular weight excluding hydrogens is 530 g/mol. The number of aromatic nitrogens is 5. The molecule has 17 heteroatoms. The van der Waals surface area contributed by atoms with E-state index in [1.54, 1.807) is 4.90 Å². The minimum Gasteiger partial charge on any atom is -0.391 e. The predicted octanol–water partition coefficient (Wildman–Crippen LogP) is 2.34. The van der Waals surface area contributed by atoms with Gasteiger partial charge in [0.15, 0.2) is 16.6 Å². The molecule has 37 heavy (non-hydrogen) atoms. The van der Waals surface area contributed by atoms with E-state index in [0.29, 0.717) is 41.8 Å². The fourth-order valence-electron chi connectivity index (χ4n) is 4.48. The smallest absolute Gasteiger partial charge is 0.391 e. The first-order valence-electron chi connectivity index (χ1n) is 11.2. The highest BCUT2D eigenvalue weighted by Crippen LogP contribution is 2.37. The summed E-state index contributed by atoms with van der Waals surface area (Å²) < 4.78 is 78.8. The Bertz CT molecular complexity index is 1290. The van der Waals surface area contributed by atoms with E-state index in [2.05, 4.69) is 25.6 Å². The maximum Gasteiger partial charge on any atom is 0.453 e. The molecule has 2 fully saturated rings. The summed E-state index contributed by atoms with van der Waals surface area (Å²) in [4.78, 5) is 19.3. The summed E-state index contributed by atoms with van der Waals surface area (Å²) >= 11 is 0.564. The van der Waals surface area contributed by atoms with E-state index in [1.165, 1.54) is 17.0 Å². The van der Waals surface area contributed by atoms with Gasteiger partial charge in [-0.1, -0.05) is 11.3 Å². The molecule has 0 spiro atoms. The van der Waals surface area contributed by atoms with Crippen molar-refractivity contribution in [3.8, 4) is 0 Å². The second kappa shape index (κ2) is 9.27. The Morgan fingerprint density at radius 2 is 1.81 bits per heavy atom. The van der Waals surface area contributed by atoms with Crippen LogP contribution in [0.15, 0.2) is 18.3 Å². The molecule has 5 heterocycles. The summed E-state index contributed by atoms with van der Waals surface area (Å²) in [5, 5.41) is 23.9. The molecular formula is C20H20F6N8O2S. The van der Waals surface area contributed by atoms with E-state index in [-0.39, 0.29) is 35.6 Å². The second-order valence-electron chi connectivity index (χ2n) is 8.82. The number of carbonyl (C=O) groups is 1. The molecule has 1 amide bonds. The lowest BCUT2D eigenvalue weighted by atomic mass is 10.0. The second-order valence-corrected chi connectivity index (χ2v) is 9.82. The van der Waals surface area contributed by atoms with Crippen LogP contribution in [0, 0.1) is 0 Å². The van der Waals surface area contributed by atoms with E-state index < -0.39 is 41.1 Å². The van der Waals surface area contributed by atoms with Crippen molar-refractivity contribution in [3.05, 3.63) is 29.0 Å². The lowest BCUT2D eigenvalue weighted by molar-refractivity contribution is -0.146. The van der Waals surface area contributed by atoms with Crippen molar-refractivity contribution in [1.29, 1.82) is 0 Å². The van der Waals surface area contributed by atoms with Crippen LogP contribution in [0.2, 0.25) is 0 Å². The summed E-state index contributed by atoms with van der Waals surface area (Å²) in [6.45, 7) is 0.766. The van der Waals surface area contributed by atoms with Gasteiger partial charge in [0, 0.05) is 32.1 Å². The van der Waals surface area contributed by atoms with E-state index in [4.69, 9.17) is 0 Å². The molecule has 2 atom stereocenters. The zero-order chi connectivity index (χ0) is 26.5. The average Bonchev–Trinajstić information content (AvgIpc) is 3.56. The monoisotopic (exact) mass is 550 g/mol. The molecule has 0 saturated carbocycles. The first kappa shape index (κ1) is 25.4. The number of hydrogen-bond acceptors (Lipinski definition) is 9. The highest BCUT2D eigenvalue weighted by atomic mass is 32.1. The quantitative estimate of drug-likeness (QED) is 0.477. The number of rotatable bonds is 4. The summed E-state index contributed by atoms with van der Waals surface area (Å²) in [5.41, 5.74) is -0.119. The molecule has 5 rings (SSSR count). The lowest BCUT2D eigenvalue weighted by Gasteiger charge is -2.33. The number of fused-ring (bicyclic) bond motifs is 1. The Kier molecular flexibility index (Phi) is 6.37. The van der Waals surface area contributed by atoms with Crippen LogP contribution in [0.3, 0.4) is 0 Å². The molecule has 0 unspecified atom stereocenters. The van der Waals surface area contributed by atoms with E-state index in [1.807, 2.05) is 0 Å². The summed E-state index contributed by atoms with van der Waals surface area (Å²) in [7, 11) is 0. The SMILES string of the molecule is O=C(NC1CCN(c2ncc(C(F)(F)F)s2)CC1)[C@@H]1C[C@@H](O)CN1c1ccc2nnc(C(F)(F)F)n2n1. The molecule has 0 radical (unpaired) electrons. The first-order valence-corrected chi connectivity index (χ1v) is 12.0. The summed E-state index contributed by atoms with van der Waals surface area (Å²) in [6, 6.07) is 1.56. The van der Waals surface area contributed by atoms with Gasteiger partial charge in [-0.05, 0) is 25.0 Å². The van der Waals surface area contributed by atoms with Crippen LogP contribution in [0.25, 0.3) is 5.65 Å². The number of aliphatic hydroxyl groups excluding tert-OH is 1. The largest absolute Gasteiger partial charge is 0.453 e. The van der Waals surface area contributed by atoms with Crippen LogP contribution >= 0.6 is 11.3 Å². The number of piperidine rings is 1. The maximum atomic E-state index is 13.2. The van der Waals surface area contributed by atoms with Crippen molar-refractivity contribution in [2.45, 2.75) is 49.8 Å². The molecule has 0 aliphatic carbocycles. The van der Waals surface area contributed by atoms with Crippen molar-refractivity contribution < 1.29 is 36.2 Å². The van der Waals surface area contributed by atoms with Gasteiger partial charge in [0.05, 0.1) is 12.3 Å². The third-order valence-electron chi connectivity index (χ3n) is 6.26. The van der Waals surface area contributed by atoms with E-state index in [0.717, 1.165) is 6.20 Å². The van der Waals surface area contributed by atoms with Gasteiger partial charge in [0.2, 0.25) is 5.91 Å². The van der Waals surface area contributed by atoms with Crippen molar-refractivity contribution in [2.75, 3.05) is 29.4 Å². The number of β-amino-alcohol motifs (C(OH)–C–C–N with tert-alkyl or cyclic N) is 1. The predicted molar refractivity (Wildman–Crippen MR) is 118 cm³/mol. The van der Waals surface area contributed by atoms with Gasteiger partial charge in [-0.25, -0.2) is 4.98 Å². The Morgan fingerprint density at radius 3 is 2.46 bits per heavy atom. The maximum absolute atomic E-state index is 13.2. The Hall–Kier alpha value is -3.21. The number of amides is 1. The summed E-state index contributed by atoms with van der Waals surface area (Å²) in [6.07, 6.45) is -8.36. The number of anilines is 2. The number of aliphatic hydroxyl groups is 1. The molecule has 0 aromatic carbocycles. The molecule has 3 aromatic heterocycles. The van der Waals surface area contributed by atoms with Crippen molar-refractivity contribution >= 4 is 33.8 Å². The van der Waals surface area contributed by atoms with Crippen molar-refractivity contribution in [1.82, 2.24) is 30.1 Å². The van der Waals surface area contributed by atoms with Crippen LogP contribution in [0.4, 0.5) is 37.3 Å². The van der Waals surface area contributed by atoms with E-state index in [9.17, 15) is 36.2 Å². The molecule has 3 aromatic rings. The molecule has 2 aliphatic rings. The van der Waals surface area contributed by atoms with Crippen LogP contribution in [-0.4, -0.2) is 73.6 Å². The van der Waals surface area contributed by atoms with Gasteiger partial charge in [-0.15, -0.1) is 15.3 Å². The van der Waals surface area contributed by atoms with E-state index >= 15 is 0 Å². The number of alkyl halides is 6. The number of thiazole rings is 1. The minimum atomic E-state index is -4.78. The number of nitrogens with zero attached hydrogens (tertiary/aromatic N) is 7. The van der Waals surface area contributed by atoms with Crippen molar-refractivity contribution in [2.24, 2.45) is 0 Å². The van der Waals surface area contributed by atoms with Crippen molar-refractivity contribution in [3.63, 3.8) is 0 Å². The van der Waals surface area contributed by atoms with Gasteiger partial charge >= 0.3 is 12.4 Å². The molecule has 2 N–H and O–H groups in total. The van der Waals surface area contributed by atoms with Gasteiger partial charge in [0.1, 0.15) is 10.9 Å².